The molecule has 3 aromatic carbocycles. The van der Waals surface area contributed by atoms with Crippen LogP contribution in [0.4, 0.5) is 10.1 Å². The summed E-state index contributed by atoms with van der Waals surface area (Å²) >= 11 is 0. The Morgan fingerprint density at radius 1 is 0.787 bits per heavy atom. The fourth-order valence-electron chi connectivity index (χ4n) is 5.47. The molecule has 1 saturated heterocycles. The molecule has 16 heteroatoms. The van der Waals surface area contributed by atoms with E-state index in [9.17, 15) is 34.4 Å². The van der Waals surface area contributed by atoms with Crippen molar-refractivity contribution < 1.29 is 39.2 Å². The molecule has 0 unspecified atom stereocenters. The average molecular weight is 709 g/mol. The second-order valence-electron chi connectivity index (χ2n) is 11.4. The van der Waals surface area contributed by atoms with Crippen LogP contribution in [0.3, 0.4) is 0 Å². The molecule has 0 bridgehead atoms. The van der Waals surface area contributed by atoms with Gasteiger partial charge < -0.3 is 10.1 Å². The second kappa shape index (κ2) is 14.9. The van der Waals surface area contributed by atoms with Gasteiger partial charge in [-0.2, -0.15) is 8.61 Å². The SMILES string of the molecule is O=C(CN(Cc1ccc(F)cc1)S(=O)(=O)c1ccc(S(=O)(=O)NC2CCCCC2)cc1)Nc1ccc(S(=O)(=O)N2CCOCC2)cc1. The molecule has 1 amide bonds. The Bertz CT molecular complexity index is 1860. The lowest BCUT2D eigenvalue weighted by Gasteiger charge is -2.26. The number of benzene rings is 3. The molecule has 0 aromatic heterocycles. The number of amides is 1. The summed E-state index contributed by atoms with van der Waals surface area (Å²) in [6, 6.07) is 15.3. The monoisotopic (exact) mass is 708 g/mol. The fourth-order valence-corrected chi connectivity index (χ4v) is 9.57. The van der Waals surface area contributed by atoms with Crippen molar-refractivity contribution in [1.82, 2.24) is 13.3 Å². The number of anilines is 1. The molecular weight excluding hydrogens is 672 g/mol. The number of hydrogen-bond donors (Lipinski definition) is 2. The normalized spacial score (nSPS) is 17.1. The molecule has 2 N–H and O–H groups in total. The minimum absolute atomic E-state index is 0.0392. The standard InChI is InChI=1S/C31H37FN4O8S3/c32-25-8-6-24(7-9-25)22-36(23-31(37)33-26-10-12-29(13-11-26)46(40,41)35-18-20-44-21-19-35)47(42,43)30-16-14-28(15-17-30)45(38,39)34-27-4-2-1-3-5-27/h6-17,27,34H,1-5,18-23H2,(H,33,37). The smallest absolute Gasteiger partial charge is 0.243 e. The third-order valence-electron chi connectivity index (χ3n) is 8.04. The molecule has 3 aromatic rings. The maximum Gasteiger partial charge on any atom is 0.243 e. The number of carbonyl (C=O) groups excluding carboxylic acids is 1. The highest BCUT2D eigenvalue weighted by molar-refractivity contribution is 7.90. The Morgan fingerprint density at radius 3 is 1.98 bits per heavy atom. The van der Waals surface area contributed by atoms with Crippen molar-refractivity contribution in [2.45, 2.75) is 59.4 Å². The highest BCUT2D eigenvalue weighted by Crippen LogP contribution is 2.24. The van der Waals surface area contributed by atoms with Crippen molar-refractivity contribution in [1.29, 1.82) is 0 Å². The average Bonchev–Trinajstić information content (AvgIpc) is 3.06. The number of rotatable bonds is 12. The van der Waals surface area contributed by atoms with E-state index in [1.807, 2.05) is 0 Å². The Hall–Kier alpha value is -3.25. The van der Waals surface area contributed by atoms with E-state index < -0.39 is 48.3 Å². The number of halogens is 1. The largest absolute Gasteiger partial charge is 0.379 e. The zero-order chi connectivity index (χ0) is 33.7. The summed E-state index contributed by atoms with van der Waals surface area (Å²) in [5, 5.41) is 2.60. The summed E-state index contributed by atoms with van der Waals surface area (Å²) < 4.78 is 103. The van der Waals surface area contributed by atoms with Gasteiger partial charge in [-0.05, 0) is 79.1 Å². The van der Waals surface area contributed by atoms with Gasteiger partial charge in [0.15, 0.2) is 0 Å². The van der Waals surface area contributed by atoms with Gasteiger partial charge in [0, 0.05) is 31.4 Å². The number of hydrogen-bond acceptors (Lipinski definition) is 8. The van der Waals surface area contributed by atoms with E-state index in [1.54, 1.807) is 0 Å². The summed E-state index contributed by atoms with van der Waals surface area (Å²) in [6.07, 6.45) is 4.41. The maximum absolute atomic E-state index is 13.8. The number of carbonyl (C=O) groups is 1. The first kappa shape index (κ1) is 35.1. The molecule has 47 heavy (non-hydrogen) atoms. The fraction of sp³-hybridized carbons (Fsp3) is 0.387. The van der Waals surface area contributed by atoms with Gasteiger partial charge in [0.25, 0.3) is 0 Å². The topological polar surface area (TPSA) is 159 Å². The molecule has 1 aliphatic carbocycles. The molecule has 0 spiro atoms. The van der Waals surface area contributed by atoms with Crippen LogP contribution in [0, 0.1) is 5.82 Å². The highest BCUT2D eigenvalue weighted by Gasteiger charge is 2.29. The third kappa shape index (κ3) is 8.81. The van der Waals surface area contributed by atoms with Crippen molar-refractivity contribution >= 4 is 41.7 Å². The second-order valence-corrected chi connectivity index (χ2v) is 17.0. The zero-order valence-electron chi connectivity index (χ0n) is 25.5. The minimum Gasteiger partial charge on any atom is -0.379 e. The number of nitrogens with zero attached hydrogens (tertiary/aromatic N) is 2. The third-order valence-corrected chi connectivity index (χ3v) is 13.3. The number of morpholine rings is 1. The van der Waals surface area contributed by atoms with Crippen LogP contribution in [0.2, 0.25) is 0 Å². The molecule has 254 valence electrons. The minimum atomic E-state index is -4.36. The van der Waals surface area contributed by atoms with Crippen molar-refractivity contribution in [2.24, 2.45) is 0 Å². The van der Waals surface area contributed by atoms with Crippen LogP contribution in [0.5, 0.6) is 0 Å². The highest BCUT2D eigenvalue weighted by atomic mass is 32.2. The van der Waals surface area contributed by atoms with Gasteiger partial charge in [0.2, 0.25) is 36.0 Å². The lowest BCUT2D eigenvalue weighted by Crippen LogP contribution is -2.40. The predicted octanol–water partition coefficient (Wildman–Crippen LogP) is 3.29. The van der Waals surface area contributed by atoms with Gasteiger partial charge in [-0.15, -0.1) is 0 Å². The van der Waals surface area contributed by atoms with Crippen molar-refractivity contribution in [3.63, 3.8) is 0 Å². The number of ether oxygens (including phenoxy) is 1. The van der Waals surface area contributed by atoms with Gasteiger partial charge >= 0.3 is 0 Å². The summed E-state index contributed by atoms with van der Waals surface area (Å²) in [7, 11) is -12.0. The molecule has 1 saturated carbocycles. The van der Waals surface area contributed by atoms with Gasteiger partial charge in [-0.1, -0.05) is 31.4 Å². The van der Waals surface area contributed by atoms with E-state index >= 15 is 0 Å². The first-order valence-electron chi connectivity index (χ1n) is 15.2. The van der Waals surface area contributed by atoms with Gasteiger partial charge in [0.05, 0.1) is 34.4 Å². The van der Waals surface area contributed by atoms with Crippen LogP contribution in [-0.2, 0) is 46.1 Å². The maximum atomic E-state index is 13.8. The molecule has 1 heterocycles. The summed E-state index contributed by atoms with van der Waals surface area (Å²) in [5.41, 5.74) is 0.659. The zero-order valence-corrected chi connectivity index (χ0v) is 28.0. The van der Waals surface area contributed by atoms with Crippen molar-refractivity contribution in [2.75, 3.05) is 38.2 Å². The Kier molecular flexibility index (Phi) is 11.1. The van der Waals surface area contributed by atoms with Crippen LogP contribution in [0.25, 0.3) is 0 Å². The number of nitrogens with one attached hydrogen (secondary N) is 2. The molecule has 5 rings (SSSR count). The molecule has 0 radical (unpaired) electrons. The van der Waals surface area contributed by atoms with Crippen molar-refractivity contribution in [3.05, 3.63) is 84.2 Å². The number of sulfonamides is 3. The molecule has 2 aliphatic rings. The van der Waals surface area contributed by atoms with E-state index in [0.717, 1.165) is 36.4 Å². The van der Waals surface area contributed by atoms with Crippen LogP contribution in [0.15, 0.2) is 87.5 Å². The van der Waals surface area contributed by atoms with Crippen LogP contribution < -0.4 is 10.0 Å². The predicted molar refractivity (Wildman–Crippen MR) is 172 cm³/mol. The van der Waals surface area contributed by atoms with Gasteiger partial charge in [-0.3, -0.25) is 4.79 Å². The van der Waals surface area contributed by atoms with Gasteiger partial charge in [-0.25, -0.2) is 34.4 Å². The molecule has 1 aliphatic heterocycles. The van der Waals surface area contributed by atoms with Crippen LogP contribution >= 0.6 is 0 Å². The first-order valence-corrected chi connectivity index (χ1v) is 19.6. The lowest BCUT2D eigenvalue weighted by atomic mass is 9.96. The van der Waals surface area contributed by atoms with Crippen LogP contribution in [-0.4, -0.2) is 78.7 Å². The summed E-state index contributed by atoms with van der Waals surface area (Å²) in [4.78, 5) is 12.9. The molecular formula is C31H37FN4O8S3. The van der Waals surface area contributed by atoms with Gasteiger partial charge in [0.1, 0.15) is 5.82 Å². The van der Waals surface area contributed by atoms with E-state index in [-0.39, 0.29) is 46.0 Å². The quantitative estimate of drug-likeness (QED) is 0.290. The molecule has 0 atom stereocenters. The van der Waals surface area contributed by atoms with E-state index in [1.165, 1.54) is 77.1 Å². The van der Waals surface area contributed by atoms with Crippen LogP contribution in [0.1, 0.15) is 37.7 Å². The molecule has 12 nitrogen and oxygen atoms in total. The summed E-state index contributed by atoms with van der Waals surface area (Å²) in [5.74, 6) is -1.23. The summed E-state index contributed by atoms with van der Waals surface area (Å²) in [6.45, 7) is 0.133. The molecule has 2 fully saturated rings. The Balaban J connectivity index is 1.32. The Labute approximate surface area is 275 Å². The van der Waals surface area contributed by atoms with E-state index in [2.05, 4.69) is 10.0 Å². The first-order chi connectivity index (χ1) is 22.3. The van der Waals surface area contributed by atoms with E-state index in [4.69, 9.17) is 4.74 Å². The lowest BCUT2D eigenvalue weighted by molar-refractivity contribution is -0.116. The van der Waals surface area contributed by atoms with E-state index in [0.29, 0.717) is 18.8 Å². The Morgan fingerprint density at radius 2 is 1.36 bits per heavy atom. The van der Waals surface area contributed by atoms with Crippen molar-refractivity contribution in [3.8, 4) is 0 Å².